The van der Waals surface area contributed by atoms with Crippen LogP contribution in [0, 0.1) is 13.8 Å². The molecule has 23 heavy (non-hydrogen) atoms. The highest BCUT2D eigenvalue weighted by molar-refractivity contribution is 7.09. The molecule has 1 amide bonds. The second-order valence-electron chi connectivity index (χ2n) is 5.97. The summed E-state index contributed by atoms with van der Waals surface area (Å²) < 4.78 is 1.69. The molecule has 0 radical (unpaired) electrons. The van der Waals surface area contributed by atoms with Crippen LogP contribution in [-0.2, 0) is 11.3 Å². The average Bonchev–Trinajstić information content (AvgIpc) is 2.78. The van der Waals surface area contributed by atoms with Crippen molar-refractivity contribution in [3.05, 3.63) is 56.1 Å². The van der Waals surface area contributed by atoms with E-state index in [0.29, 0.717) is 13.0 Å². The third kappa shape index (κ3) is 4.32. The highest BCUT2D eigenvalue weighted by Gasteiger charge is 2.17. The van der Waals surface area contributed by atoms with E-state index in [1.165, 1.54) is 16.9 Å². The van der Waals surface area contributed by atoms with E-state index >= 15 is 0 Å². The van der Waals surface area contributed by atoms with Crippen molar-refractivity contribution < 1.29 is 4.79 Å². The predicted octanol–water partition coefficient (Wildman–Crippen LogP) is 3.23. The first-order valence-corrected chi connectivity index (χ1v) is 8.73. The number of rotatable bonds is 6. The van der Waals surface area contributed by atoms with Gasteiger partial charge in [-0.3, -0.25) is 9.59 Å². The number of nitrogens with one attached hydrogen (secondary N) is 1. The van der Waals surface area contributed by atoms with E-state index in [4.69, 9.17) is 0 Å². The van der Waals surface area contributed by atoms with Crippen molar-refractivity contribution in [2.75, 3.05) is 0 Å². The van der Waals surface area contributed by atoms with E-state index in [1.807, 2.05) is 39.0 Å². The Balaban J connectivity index is 1.90. The number of aromatic nitrogens is 1. The van der Waals surface area contributed by atoms with Crippen molar-refractivity contribution in [2.45, 2.75) is 52.6 Å². The summed E-state index contributed by atoms with van der Waals surface area (Å²) in [5.74, 6) is 0.225. The van der Waals surface area contributed by atoms with Crippen LogP contribution in [-0.4, -0.2) is 16.5 Å². The van der Waals surface area contributed by atoms with E-state index in [2.05, 4.69) is 24.4 Å². The Morgan fingerprint density at radius 2 is 1.87 bits per heavy atom. The number of thiazole rings is 1. The average molecular weight is 332 g/mol. The van der Waals surface area contributed by atoms with Gasteiger partial charge < -0.3 is 9.88 Å². The van der Waals surface area contributed by atoms with E-state index in [9.17, 15) is 9.59 Å². The van der Waals surface area contributed by atoms with Crippen molar-refractivity contribution in [1.82, 2.24) is 9.88 Å². The Kier molecular flexibility index (Phi) is 5.77. The topological polar surface area (TPSA) is 51.1 Å². The molecule has 0 saturated carbocycles. The number of aryl methyl sites for hydroxylation is 1. The fourth-order valence-corrected chi connectivity index (χ4v) is 3.41. The third-order valence-corrected chi connectivity index (χ3v) is 5.40. The standard InChI is InChI=1S/C18H24N2O2S/c1-12(16-8-6-5-7-9-16)13(2)19-17(21)10-11-20-14(3)15(4)23-18(20)22/h5-9,12-13H,10-11H2,1-4H3,(H,19,21)/t12-,13-/m0/s1. The van der Waals surface area contributed by atoms with Gasteiger partial charge >= 0.3 is 4.87 Å². The molecule has 0 aliphatic carbocycles. The van der Waals surface area contributed by atoms with Gasteiger partial charge in [-0.05, 0) is 26.3 Å². The van der Waals surface area contributed by atoms with Crippen molar-refractivity contribution in [3.63, 3.8) is 0 Å². The fourth-order valence-electron chi connectivity index (χ4n) is 2.56. The van der Waals surface area contributed by atoms with Crippen LogP contribution in [0.15, 0.2) is 35.1 Å². The Bertz CT molecular complexity index is 718. The Morgan fingerprint density at radius 1 is 1.22 bits per heavy atom. The Hall–Kier alpha value is -1.88. The van der Waals surface area contributed by atoms with Crippen LogP contribution in [0.3, 0.4) is 0 Å². The van der Waals surface area contributed by atoms with Gasteiger partial charge in [0.1, 0.15) is 0 Å². The molecule has 0 spiro atoms. The summed E-state index contributed by atoms with van der Waals surface area (Å²) >= 11 is 1.24. The maximum Gasteiger partial charge on any atom is 0.307 e. The number of amides is 1. The number of hydrogen-bond acceptors (Lipinski definition) is 3. The summed E-state index contributed by atoms with van der Waals surface area (Å²) in [5, 5.41) is 3.04. The summed E-state index contributed by atoms with van der Waals surface area (Å²) in [6.07, 6.45) is 0.322. The zero-order valence-corrected chi connectivity index (χ0v) is 14.9. The molecular weight excluding hydrogens is 308 g/mol. The number of nitrogens with zero attached hydrogens (tertiary/aromatic N) is 1. The largest absolute Gasteiger partial charge is 0.353 e. The fraction of sp³-hybridized carbons (Fsp3) is 0.444. The molecule has 0 unspecified atom stereocenters. The molecule has 0 aliphatic rings. The first-order valence-electron chi connectivity index (χ1n) is 7.91. The van der Waals surface area contributed by atoms with Crippen molar-refractivity contribution in [3.8, 4) is 0 Å². The summed E-state index contributed by atoms with van der Waals surface area (Å²) in [6.45, 7) is 8.42. The van der Waals surface area contributed by atoms with Crippen LogP contribution in [0.1, 0.15) is 42.3 Å². The molecule has 2 aromatic rings. The molecule has 0 aliphatic heterocycles. The summed E-state index contributed by atoms with van der Waals surface area (Å²) in [4.78, 5) is 25.0. The minimum atomic E-state index is -0.0181. The van der Waals surface area contributed by atoms with Crippen LogP contribution < -0.4 is 10.2 Å². The third-order valence-electron chi connectivity index (χ3n) is 4.40. The maximum atomic E-state index is 12.2. The van der Waals surface area contributed by atoms with Gasteiger partial charge in [0.25, 0.3) is 0 Å². The van der Waals surface area contributed by atoms with Gasteiger partial charge in [-0.25, -0.2) is 0 Å². The van der Waals surface area contributed by atoms with E-state index in [-0.39, 0.29) is 22.7 Å². The lowest BCUT2D eigenvalue weighted by atomic mass is 9.94. The lowest BCUT2D eigenvalue weighted by Gasteiger charge is -2.22. The SMILES string of the molecule is Cc1sc(=O)n(CCC(=O)N[C@@H](C)[C@H](C)c2ccccc2)c1C. The van der Waals surface area contributed by atoms with Gasteiger partial charge in [0.05, 0.1) is 0 Å². The zero-order chi connectivity index (χ0) is 17.0. The molecule has 124 valence electrons. The minimum Gasteiger partial charge on any atom is -0.353 e. The van der Waals surface area contributed by atoms with Crippen LogP contribution in [0.2, 0.25) is 0 Å². The van der Waals surface area contributed by atoms with E-state index in [1.54, 1.807) is 4.57 Å². The normalized spacial score (nSPS) is 13.6. The van der Waals surface area contributed by atoms with Gasteiger partial charge in [0.2, 0.25) is 5.91 Å². The van der Waals surface area contributed by atoms with E-state index < -0.39 is 0 Å². The Morgan fingerprint density at radius 3 is 2.43 bits per heavy atom. The molecule has 5 heteroatoms. The molecule has 1 N–H and O–H groups in total. The summed E-state index contributed by atoms with van der Waals surface area (Å²) in [6, 6.07) is 10.2. The van der Waals surface area contributed by atoms with Gasteiger partial charge in [-0.15, -0.1) is 0 Å². The Labute approximate surface area is 141 Å². The van der Waals surface area contributed by atoms with Crippen molar-refractivity contribution in [1.29, 1.82) is 0 Å². The number of carbonyl (C=O) groups is 1. The number of carbonyl (C=O) groups excluding carboxylic acids is 1. The monoisotopic (exact) mass is 332 g/mol. The zero-order valence-electron chi connectivity index (χ0n) is 14.1. The molecule has 2 rings (SSSR count). The second-order valence-corrected chi connectivity index (χ2v) is 7.13. The van der Waals surface area contributed by atoms with E-state index in [0.717, 1.165) is 10.6 Å². The molecule has 0 fully saturated rings. The van der Waals surface area contributed by atoms with Crippen LogP contribution >= 0.6 is 11.3 Å². The van der Waals surface area contributed by atoms with Gasteiger partial charge in [-0.1, -0.05) is 48.6 Å². The highest BCUT2D eigenvalue weighted by atomic mass is 32.1. The molecule has 1 aromatic carbocycles. The van der Waals surface area contributed by atoms with Crippen LogP contribution in [0.25, 0.3) is 0 Å². The molecule has 0 bridgehead atoms. The van der Waals surface area contributed by atoms with Crippen LogP contribution in [0.5, 0.6) is 0 Å². The van der Waals surface area contributed by atoms with Crippen LogP contribution in [0.4, 0.5) is 0 Å². The quantitative estimate of drug-likeness (QED) is 0.883. The molecular formula is C18H24N2O2S. The van der Waals surface area contributed by atoms with Gasteiger partial charge in [0, 0.05) is 35.5 Å². The first kappa shape index (κ1) is 17.5. The lowest BCUT2D eigenvalue weighted by molar-refractivity contribution is -0.122. The smallest absolute Gasteiger partial charge is 0.307 e. The first-order chi connectivity index (χ1) is 10.9. The molecule has 1 heterocycles. The van der Waals surface area contributed by atoms with Gasteiger partial charge in [0.15, 0.2) is 0 Å². The molecule has 0 saturated heterocycles. The lowest BCUT2D eigenvalue weighted by Crippen LogP contribution is -2.36. The van der Waals surface area contributed by atoms with Gasteiger partial charge in [-0.2, -0.15) is 0 Å². The number of hydrogen-bond donors (Lipinski definition) is 1. The summed E-state index contributed by atoms with van der Waals surface area (Å²) in [7, 11) is 0. The van der Waals surface area contributed by atoms with Crippen molar-refractivity contribution in [2.24, 2.45) is 0 Å². The minimum absolute atomic E-state index is 0.0125. The molecule has 2 atom stereocenters. The second kappa shape index (κ2) is 7.59. The maximum absolute atomic E-state index is 12.2. The predicted molar refractivity (Wildman–Crippen MR) is 95.1 cm³/mol. The number of benzene rings is 1. The summed E-state index contributed by atoms with van der Waals surface area (Å²) in [5.41, 5.74) is 2.17. The molecule has 4 nitrogen and oxygen atoms in total. The molecule has 1 aromatic heterocycles. The highest BCUT2D eigenvalue weighted by Crippen LogP contribution is 2.18. The van der Waals surface area contributed by atoms with Crippen molar-refractivity contribution >= 4 is 17.2 Å².